The molecule has 4 heteroatoms. The second kappa shape index (κ2) is 3.41. The van der Waals surface area contributed by atoms with E-state index in [1.54, 1.807) is 12.1 Å². The van der Waals surface area contributed by atoms with Crippen molar-refractivity contribution < 1.29 is 4.79 Å². The van der Waals surface area contributed by atoms with E-state index in [9.17, 15) is 4.79 Å². The van der Waals surface area contributed by atoms with Gasteiger partial charge >= 0.3 is 0 Å². The van der Waals surface area contributed by atoms with E-state index in [4.69, 9.17) is 34.8 Å². The van der Waals surface area contributed by atoms with Crippen molar-refractivity contribution in [2.45, 2.75) is 18.3 Å². The summed E-state index contributed by atoms with van der Waals surface area (Å²) in [7, 11) is 0. The van der Waals surface area contributed by atoms with Gasteiger partial charge in [0.2, 0.25) is 0 Å². The fourth-order valence-corrected chi connectivity index (χ4v) is 2.77. The zero-order valence-corrected chi connectivity index (χ0v) is 9.46. The number of aldehydes is 1. The third-order valence-electron chi connectivity index (χ3n) is 2.52. The lowest BCUT2D eigenvalue weighted by molar-refractivity contribution is -0.109. The molecule has 2 rings (SSSR count). The van der Waals surface area contributed by atoms with E-state index in [2.05, 4.69) is 0 Å². The van der Waals surface area contributed by atoms with Crippen LogP contribution in [0.15, 0.2) is 12.1 Å². The Morgan fingerprint density at radius 1 is 1.14 bits per heavy atom. The Kier molecular flexibility index (Phi) is 2.50. The molecular weight excluding hydrogens is 242 g/mol. The first-order chi connectivity index (χ1) is 6.59. The standard InChI is InChI=1S/C10H7Cl3O/c11-6-3-7(12)9(8(13)4-6)10(5-14)1-2-10/h3-5H,1-2H2. The summed E-state index contributed by atoms with van der Waals surface area (Å²) < 4.78 is 0. The van der Waals surface area contributed by atoms with Crippen LogP contribution in [-0.2, 0) is 10.2 Å². The van der Waals surface area contributed by atoms with Gasteiger partial charge in [-0.3, -0.25) is 0 Å². The number of hydrogen-bond acceptors (Lipinski definition) is 1. The molecule has 1 aliphatic rings. The molecule has 0 spiro atoms. The Hall–Kier alpha value is -0.240. The highest BCUT2D eigenvalue weighted by molar-refractivity contribution is 6.39. The van der Waals surface area contributed by atoms with Crippen LogP contribution in [-0.4, -0.2) is 6.29 Å². The topological polar surface area (TPSA) is 17.1 Å². The minimum Gasteiger partial charge on any atom is -0.302 e. The molecule has 74 valence electrons. The van der Waals surface area contributed by atoms with Crippen molar-refractivity contribution in [3.05, 3.63) is 32.8 Å². The lowest BCUT2D eigenvalue weighted by Crippen LogP contribution is -2.09. The quantitative estimate of drug-likeness (QED) is 0.727. The minimum atomic E-state index is -0.446. The van der Waals surface area contributed by atoms with Gasteiger partial charge in [-0.05, 0) is 25.0 Å². The SMILES string of the molecule is O=CC1(c2c(Cl)cc(Cl)cc2Cl)CC1. The van der Waals surface area contributed by atoms with Crippen LogP contribution < -0.4 is 0 Å². The Bertz CT molecular complexity index is 373. The zero-order valence-electron chi connectivity index (χ0n) is 7.19. The average Bonchev–Trinajstić information content (AvgIpc) is 2.83. The van der Waals surface area contributed by atoms with E-state index in [-0.39, 0.29) is 0 Å². The summed E-state index contributed by atoms with van der Waals surface area (Å²) in [5.74, 6) is 0. The van der Waals surface area contributed by atoms with E-state index in [1.807, 2.05) is 0 Å². The highest BCUT2D eigenvalue weighted by atomic mass is 35.5. The van der Waals surface area contributed by atoms with E-state index in [0.717, 1.165) is 24.7 Å². The summed E-state index contributed by atoms with van der Waals surface area (Å²) in [5.41, 5.74) is 0.277. The highest BCUT2D eigenvalue weighted by Crippen LogP contribution is 2.51. The largest absolute Gasteiger partial charge is 0.302 e. The fourth-order valence-electron chi connectivity index (χ4n) is 1.58. The number of benzene rings is 1. The first kappa shape index (κ1) is 10.3. The normalized spacial score (nSPS) is 17.9. The van der Waals surface area contributed by atoms with Crippen LogP contribution in [0.1, 0.15) is 18.4 Å². The molecule has 1 aliphatic carbocycles. The van der Waals surface area contributed by atoms with Gasteiger partial charge in [0, 0.05) is 20.6 Å². The van der Waals surface area contributed by atoms with Gasteiger partial charge in [0.1, 0.15) is 6.29 Å². The number of carbonyl (C=O) groups excluding carboxylic acids is 1. The van der Waals surface area contributed by atoms with Crippen molar-refractivity contribution in [1.29, 1.82) is 0 Å². The van der Waals surface area contributed by atoms with Crippen molar-refractivity contribution >= 4 is 41.1 Å². The summed E-state index contributed by atoms with van der Waals surface area (Å²) >= 11 is 17.8. The molecule has 1 aromatic carbocycles. The molecule has 0 aliphatic heterocycles. The number of rotatable bonds is 2. The summed E-state index contributed by atoms with van der Waals surface area (Å²) in [4.78, 5) is 10.9. The monoisotopic (exact) mass is 248 g/mol. The van der Waals surface area contributed by atoms with Crippen LogP contribution in [0, 0.1) is 0 Å². The molecule has 1 nitrogen and oxygen atoms in total. The van der Waals surface area contributed by atoms with Crippen molar-refractivity contribution in [3.8, 4) is 0 Å². The third-order valence-corrected chi connectivity index (χ3v) is 3.33. The molecule has 0 radical (unpaired) electrons. The van der Waals surface area contributed by atoms with Crippen molar-refractivity contribution in [2.24, 2.45) is 0 Å². The van der Waals surface area contributed by atoms with Crippen LogP contribution in [0.2, 0.25) is 15.1 Å². The van der Waals surface area contributed by atoms with Crippen molar-refractivity contribution in [1.82, 2.24) is 0 Å². The molecule has 0 bridgehead atoms. The van der Waals surface area contributed by atoms with Gasteiger partial charge in [-0.15, -0.1) is 0 Å². The van der Waals surface area contributed by atoms with Gasteiger partial charge in [0.05, 0.1) is 5.41 Å². The first-order valence-corrected chi connectivity index (χ1v) is 5.34. The number of carbonyl (C=O) groups is 1. The van der Waals surface area contributed by atoms with Gasteiger partial charge in [0.25, 0.3) is 0 Å². The number of halogens is 3. The molecule has 0 N–H and O–H groups in total. The van der Waals surface area contributed by atoms with E-state index >= 15 is 0 Å². The van der Waals surface area contributed by atoms with E-state index in [0.29, 0.717) is 15.1 Å². The minimum absolute atomic E-state index is 0.446. The van der Waals surface area contributed by atoms with E-state index in [1.165, 1.54) is 0 Å². The van der Waals surface area contributed by atoms with Crippen molar-refractivity contribution in [2.75, 3.05) is 0 Å². The Labute approximate surface area is 97.0 Å². The molecule has 0 aromatic heterocycles. The first-order valence-electron chi connectivity index (χ1n) is 4.20. The molecule has 0 amide bonds. The second-order valence-electron chi connectivity index (χ2n) is 3.52. The maximum absolute atomic E-state index is 10.9. The Morgan fingerprint density at radius 3 is 2.00 bits per heavy atom. The van der Waals surface area contributed by atoms with Gasteiger partial charge < -0.3 is 4.79 Å². The lowest BCUT2D eigenvalue weighted by atomic mass is 9.98. The fraction of sp³-hybridized carbons (Fsp3) is 0.300. The molecule has 1 fully saturated rings. The molecule has 14 heavy (non-hydrogen) atoms. The Balaban J connectivity index is 2.58. The van der Waals surface area contributed by atoms with Gasteiger partial charge in [-0.2, -0.15) is 0 Å². The predicted molar refractivity (Wildman–Crippen MR) is 58.4 cm³/mol. The zero-order chi connectivity index (χ0) is 10.3. The smallest absolute Gasteiger partial charge is 0.130 e. The molecule has 1 saturated carbocycles. The molecule has 0 atom stereocenters. The third kappa shape index (κ3) is 1.54. The van der Waals surface area contributed by atoms with Crippen LogP contribution in [0.3, 0.4) is 0 Å². The van der Waals surface area contributed by atoms with Crippen LogP contribution in [0.25, 0.3) is 0 Å². The maximum Gasteiger partial charge on any atom is 0.130 e. The molecular formula is C10H7Cl3O. The average molecular weight is 250 g/mol. The predicted octanol–water partition coefficient (Wildman–Crippen LogP) is 3.88. The molecule has 0 saturated heterocycles. The molecule has 0 unspecified atom stereocenters. The van der Waals surface area contributed by atoms with Gasteiger partial charge in [-0.1, -0.05) is 34.8 Å². The number of hydrogen-bond donors (Lipinski definition) is 0. The summed E-state index contributed by atoms with van der Waals surface area (Å²) in [5, 5.41) is 1.45. The van der Waals surface area contributed by atoms with Gasteiger partial charge in [-0.25, -0.2) is 0 Å². The van der Waals surface area contributed by atoms with E-state index < -0.39 is 5.41 Å². The summed E-state index contributed by atoms with van der Waals surface area (Å²) in [6, 6.07) is 3.24. The summed E-state index contributed by atoms with van der Waals surface area (Å²) in [6.45, 7) is 0. The second-order valence-corrected chi connectivity index (χ2v) is 4.77. The van der Waals surface area contributed by atoms with Crippen LogP contribution in [0.5, 0.6) is 0 Å². The highest BCUT2D eigenvalue weighted by Gasteiger charge is 2.47. The molecule has 1 aromatic rings. The summed E-state index contributed by atoms with van der Waals surface area (Å²) in [6.07, 6.45) is 2.56. The van der Waals surface area contributed by atoms with Crippen LogP contribution in [0.4, 0.5) is 0 Å². The van der Waals surface area contributed by atoms with Gasteiger partial charge in [0.15, 0.2) is 0 Å². The molecule has 0 heterocycles. The lowest BCUT2D eigenvalue weighted by Gasteiger charge is -2.12. The maximum atomic E-state index is 10.9. The van der Waals surface area contributed by atoms with Crippen LogP contribution >= 0.6 is 34.8 Å². The van der Waals surface area contributed by atoms with Crippen molar-refractivity contribution in [3.63, 3.8) is 0 Å². The Morgan fingerprint density at radius 2 is 1.64 bits per heavy atom.